The number of rotatable bonds is 6. The molecule has 0 N–H and O–H groups in total. The number of para-hydroxylation sites is 1. The Morgan fingerprint density at radius 3 is 2.26 bits per heavy atom. The van der Waals surface area contributed by atoms with Crippen molar-refractivity contribution >= 4 is 10.9 Å². The van der Waals surface area contributed by atoms with Gasteiger partial charge in [0, 0.05) is 5.56 Å². The fourth-order valence-corrected chi connectivity index (χ4v) is 4.00. The van der Waals surface area contributed by atoms with Gasteiger partial charge >= 0.3 is 5.69 Å². The lowest BCUT2D eigenvalue weighted by atomic mass is 10.1. The van der Waals surface area contributed by atoms with E-state index in [-0.39, 0.29) is 18.6 Å². The van der Waals surface area contributed by atoms with Crippen LogP contribution in [0.1, 0.15) is 29.5 Å². The highest BCUT2D eigenvalue weighted by Gasteiger charge is 2.16. The fourth-order valence-electron chi connectivity index (χ4n) is 4.00. The molecule has 2 aromatic heterocycles. The summed E-state index contributed by atoms with van der Waals surface area (Å²) in [7, 11) is 0. The van der Waals surface area contributed by atoms with Crippen molar-refractivity contribution in [2.24, 2.45) is 0 Å². The zero-order chi connectivity index (χ0) is 23.7. The molecule has 0 amide bonds. The average Bonchev–Trinajstić information content (AvgIpc) is 3.34. The third-order valence-corrected chi connectivity index (χ3v) is 5.98. The normalized spacial score (nSPS) is 11.2. The lowest BCUT2D eigenvalue weighted by Gasteiger charge is -2.13. The molecule has 7 nitrogen and oxygen atoms in total. The highest BCUT2D eigenvalue weighted by molar-refractivity contribution is 5.77. The van der Waals surface area contributed by atoms with E-state index >= 15 is 0 Å². The van der Waals surface area contributed by atoms with Crippen LogP contribution in [-0.2, 0) is 19.5 Å². The molecule has 34 heavy (non-hydrogen) atoms. The van der Waals surface area contributed by atoms with Crippen molar-refractivity contribution < 1.29 is 4.52 Å². The number of aryl methyl sites for hydroxylation is 2. The second kappa shape index (κ2) is 8.94. The molecule has 5 aromatic rings. The summed E-state index contributed by atoms with van der Waals surface area (Å²) in [5, 5.41) is 4.56. The summed E-state index contributed by atoms with van der Waals surface area (Å²) in [6.07, 6.45) is 0.950. The first-order valence-electron chi connectivity index (χ1n) is 11.2. The Morgan fingerprint density at radius 1 is 0.824 bits per heavy atom. The maximum atomic E-state index is 13.5. The minimum absolute atomic E-state index is 0.0631. The molecule has 170 valence electrons. The highest BCUT2D eigenvalue weighted by Crippen LogP contribution is 2.18. The molecule has 0 bridgehead atoms. The van der Waals surface area contributed by atoms with E-state index in [1.54, 1.807) is 24.3 Å². The zero-order valence-corrected chi connectivity index (χ0v) is 19.1. The predicted octanol–water partition coefficient (Wildman–Crippen LogP) is 4.18. The van der Waals surface area contributed by atoms with Gasteiger partial charge in [0.2, 0.25) is 11.7 Å². The van der Waals surface area contributed by atoms with Crippen LogP contribution in [0.4, 0.5) is 0 Å². The molecule has 3 aromatic carbocycles. The standard InChI is InChI=1S/C27H24N4O3/c1-3-19-12-14-21(15-13-19)25-28-24(34-29-25)17-30-23-7-5-4-6-22(23)26(32)31(27(30)33)16-20-10-8-18(2)9-11-20/h4-15H,3,16-17H2,1-2H3. The molecule has 0 aliphatic heterocycles. The van der Waals surface area contributed by atoms with Crippen molar-refractivity contribution in [3.8, 4) is 11.4 Å². The van der Waals surface area contributed by atoms with Crippen LogP contribution in [0, 0.1) is 6.92 Å². The van der Waals surface area contributed by atoms with E-state index in [0.29, 0.717) is 22.6 Å². The first-order chi connectivity index (χ1) is 16.5. The highest BCUT2D eigenvalue weighted by atomic mass is 16.5. The van der Waals surface area contributed by atoms with Crippen LogP contribution >= 0.6 is 0 Å². The van der Waals surface area contributed by atoms with Crippen molar-refractivity contribution in [1.29, 1.82) is 0 Å². The number of fused-ring (bicyclic) bond motifs is 1. The average molecular weight is 453 g/mol. The number of hydrogen-bond donors (Lipinski definition) is 0. The van der Waals surface area contributed by atoms with Gasteiger partial charge < -0.3 is 4.52 Å². The minimum Gasteiger partial charge on any atom is -0.337 e. The first-order valence-corrected chi connectivity index (χ1v) is 11.2. The quantitative estimate of drug-likeness (QED) is 0.386. The van der Waals surface area contributed by atoms with Crippen molar-refractivity contribution in [1.82, 2.24) is 19.3 Å². The van der Waals surface area contributed by atoms with E-state index < -0.39 is 5.69 Å². The van der Waals surface area contributed by atoms with Crippen LogP contribution in [0.15, 0.2) is 86.9 Å². The molecule has 7 heteroatoms. The number of nitrogens with zero attached hydrogens (tertiary/aromatic N) is 4. The van der Waals surface area contributed by atoms with Gasteiger partial charge in [-0.15, -0.1) is 0 Å². The van der Waals surface area contributed by atoms with Crippen LogP contribution in [0.25, 0.3) is 22.3 Å². The lowest BCUT2D eigenvalue weighted by Crippen LogP contribution is -2.40. The fraction of sp³-hybridized carbons (Fsp3) is 0.185. The van der Waals surface area contributed by atoms with Crippen LogP contribution in [-0.4, -0.2) is 19.3 Å². The van der Waals surface area contributed by atoms with Gasteiger partial charge in [0.05, 0.1) is 17.4 Å². The number of aromatic nitrogens is 4. The van der Waals surface area contributed by atoms with E-state index in [1.165, 1.54) is 14.7 Å². The van der Waals surface area contributed by atoms with Crippen LogP contribution in [0.2, 0.25) is 0 Å². The summed E-state index contributed by atoms with van der Waals surface area (Å²) >= 11 is 0. The van der Waals surface area contributed by atoms with Crippen molar-refractivity contribution in [3.63, 3.8) is 0 Å². The van der Waals surface area contributed by atoms with E-state index in [9.17, 15) is 9.59 Å². The molecular formula is C27H24N4O3. The minimum atomic E-state index is -0.420. The Balaban J connectivity index is 1.55. The van der Waals surface area contributed by atoms with Crippen molar-refractivity contribution in [2.45, 2.75) is 33.4 Å². The Hall–Kier alpha value is -4.26. The molecule has 0 aliphatic rings. The maximum absolute atomic E-state index is 13.5. The smallest absolute Gasteiger partial charge is 0.332 e. The molecule has 0 atom stereocenters. The van der Waals surface area contributed by atoms with E-state index in [4.69, 9.17) is 4.52 Å². The van der Waals surface area contributed by atoms with Crippen LogP contribution in [0.5, 0.6) is 0 Å². The van der Waals surface area contributed by atoms with E-state index in [1.807, 2.05) is 55.5 Å². The van der Waals surface area contributed by atoms with Crippen LogP contribution < -0.4 is 11.2 Å². The molecule has 0 saturated carbocycles. The third kappa shape index (κ3) is 4.08. The summed E-state index contributed by atoms with van der Waals surface area (Å²) in [5.41, 5.74) is 3.85. The predicted molar refractivity (Wildman–Crippen MR) is 131 cm³/mol. The molecule has 0 radical (unpaired) electrons. The van der Waals surface area contributed by atoms with Gasteiger partial charge in [-0.1, -0.05) is 78.3 Å². The molecule has 0 unspecified atom stereocenters. The van der Waals surface area contributed by atoms with Gasteiger partial charge in [0.25, 0.3) is 5.56 Å². The Labute approximate surface area is 195 Å². The molecule has 0 saturated heterocycles. The largest absolute Gasteiger partial charge is 0.337 e. The van der Waals surface area contributed by atoms with E-state index in [0.717, 1.165) is 23.1 Å². The molecule has 0 fully saturated rings. The van der Waals surface area contributed by atoms with Gasteiger partial charge in [-0.25, -0.2) is 4.79 Å². The summed E-state index contributed by atoms with van der Waals surface area (Å²) in [5.74, 6) is 0.755. The maximum Gasteiger partial charge on any atom is 0.332 e. The van der Waals surface area contributed by atoms with Gasteiger partial charge in [0.15, 0.2) is 0 Å². The SMILES string of the molecule is CCc1ccc(-c2noc(Cn3c(=O)n(Cc4ccc(C)cc4)c(=O)c4ccccc43)n2)cc1. The van der Waals surface area contributed by atoms with Crippen LogP contribution in [0.3, 0.4) is 0 Å². The summed E-state index contributed by atoms with van der Waals surface area (Å²) in [6, 6.07) is 22.8. The molecule has 5 rings (SSSR count). The zero-order valence-electron chi connectivity index (χ0n) is 19.1. The number of hydrogen-bond acceptors (Lipinski definition) is 5. The summed E-state index contributed by atoms with van der Waals surface area (Å²) in [6.45, 7) is 4.34. The second-order valence-corrected chi connectivity index (χ2v) is 8.32. The lowest BCUT2D eigenvalue weighted by molar-refractivity contribution is 0.369. The van der Waals surface area contributed by atoms with Crippen molar-refractivity contribution in [3.05, 3.63) is 116 Å². The Kier molecular flexibility index (Phi) is 5.67. The third-order valence-electron chi connectivity index (χ3n) is 5.98. The topological polar surface area (TPSA) is 82.9 Å². The first kappa shape index (κ1) is 21.6. The number of benzene rings is 3. The van der Waals surface area contributed by atoms with Crippen molar-refractivity contribution in [2.75, 3.05) is 0 Å². The van der Waals surface area contributed by atoms with Gasteiger partial charge in [-0.3, -0.25) is 13.9 Å². The van der Waals surface area contributed by atoms with Gasteiger partial charge in [-0.05, 0) is 36.6 Å². The van der Waals surface area contributed by atoms with Gasteiger partial charge in [-0.2, -0.15) is 4.98 Å². The van der Waals surface area contributed by atoms with Gasteiger partial charge in [0.1, 0.15) is 6.54 Å². The molecule has 2 heterocycles. The van der Waals surface area contributed by atoms with E-state index in [2.05, 4.69) is 17.1 Å². The Morgan fingerprint density at radius 2 is 1.53 bits per heavy atom. The molecule has 0 aliphatic carbocycles. The Bertz CT molecular complexity index is 1580. The monoisotopic (exact) mass is 452 g/mol. The molecular weight excluding hydrogens is 428 g/mol. The summed E-state index contributed by atoms with van der Waals surface area (Å²) in [4.78, 5) is 31.1. The summed E-state index contributed by atoms with van der Waals surface area (Å²) < 4.78 is 8.25. The molecule has 0 spiro atoms. The second-order valence-electron chi connectivity index (χ2n) is 8.32.